The Bertz CT molecular complexity index is 3780. The van der Waals surface area contributed by atoms with Gasteiger partial charge in [0.15, 0.2) is 0 Å². The van der Waals surface area contributed by atoms with Gasteiger partial charge in [0.05, 0.1) is 11.1 Å². The van der Waals surface area contributed by atoms with Crippen LogP contribution in [0, 0.1) is 0 Å². The molecule has 0 fully saturated rings. The van der Waals surface area contributed by atoms with Gasteiger partial charge in [-0.1, -0.05) is 231 Å². The largest absolute Gasteiger partial charge is 0.456 e. The highest BCUT2D eigenvalue weighted by Gasteiger charge is 2.46. The number of rotatable bonds is 9. The molecule has 0 amide bonds. The summed E-state index contributed by atoms with van der Waals surface area (Å²) in [6.45, 7) is 0. The molecule has 0 spiro atoms. The molecule has 0 bridgehead atoms. The van der Waals surface area contributed by atoms with E-state index in [2.05, 4.69) is 272 Å². The second-order valence-electron chi connectivity index (χ2n) is 17.9. The van der Waals surface area contributed by atoms with Crippen LogP contribution in [0.1, 0.15) is 22.3 Å². The summed E-state index contributed by atoms with van der Waals surface area (Å²) in [5.41, 5.74) is 21.3. The molecule has 1 aromatic heterocycles. The monoisotopic (exact) mass is 879 g/mol. The minimum absolute atomic E-state index is 0.509. The average Bonchev–Trinajstić information content (AvgIpc) is 3.96. The van der Waals surface area contributed by atoms with Crippen LogP contribution in [0.15, 0.2) is 277 Å². The van der Waals surface area contributed by atoms with Crippen LogP contribution < -0.4 is 4.90 Å². The molecular weight excluding hydrogens is 835 g/mol. The highest BCUT2D eigenvalue weighted by molar-refractivity contribution is 6.12. The summed E-state index contributed by atoms with van der Waals surface area (Å²) in [5.74, 6) is 0. The summed E-state index contributed by atoms with van der Waals surface area (Å²) < 4.78 is 6.36. The number of anilines is 3. The van der Waals surface area contributed by atoms with Gasteiger partial charge in [0, 0.05) is 27.7 Å². The Hall–Kier alpha value is -8.98. The van der Waals surface area contributed by atoms with Crippen molar-refractivity contribution in [1.29, 1.82) is 0 Å². The molecule has 0 radical (unpaired) electrons. The second kappa shape index (κ2) is 16.7. The fourth-order valence-electron chi connectivity index (χ4n) is 11.2. The normalized spacial score (nSPS) is 12.5. The van der Waals surface area contributed by atoms with Crippen molar-refractivity contribution in [2.75, 3.05) is 4.90 Å². The van der Waals surface area contributed by atoms with E-state index >= 15 is 0 Å². The van der Waals surface area contributed by atoms with E-state index < -0.39 is 5.41 Å². The molecule has 2 heteroatoms. The summed E-state index contributed by atoms with van der Waals surface area (Å²) in [7, 11) is 0. The lowest BCUT2D eigenvalue weighted by Crippen LogP contribution is -2.28. The summed E-state index contributed by atoms with van der Waals surface area (Å²) in [6.07, 6.45) is 0. The van der Waals surface area contributed by atoms with E-state index in [1.54, 1.807) is 0 Å². The van der Waals surface area contributed by atoms with Crippen molar-refractivity contribution in [3.05, 3.63) is 295 Å². The Morgan fingerprint density at radius 2 is 0.797 bits per heavy atom. The lowest BCUT2D eigenvalue weighted by atomic mass is 9.68. The number of fused-ring (bicyclic) bond motifs is 6. The van der Waals surface area contributed by atoms with Gasteiger partial charge in [-0.2, -0.15) is 0 Å². The molecule has 0 atom stereocenters. The van der Waals surface area contributed by atoms with Gasteiger partial charge < -0.3 is 9.32 Å². The molecule has 0 aliphatic heterocycles. The van der Waals surface area contributed by atoms with Gasteiger partial charge in [-0.15, -0.1) is 0 Å². The number of para-hydroxylation sites is 1. The van der Waals surface area contributed by atoms with Crippen molar-refractivity contribution in [2.24, 2.45) is 0 Å². The summed E-state index contributed by atoms with van der Waals surface area (Å²) in [5, 5.41) is 2.25. The Morgan fingerprint density at radius 3 is 1.51 bits per heavy atom. The quantitative estimate of drug-likeness (QED) is 0.144. The van der Waals surface area contributed by atoms with E-state index in [4.69, 9.17) is 4.42 Å². The molecule has 11 aromatic carbocycles. The molecule has 324 valence electrons. The first kappa shape index (κ1) is 40.3. The van der Waals surface area contributed by atoms with Crippen LogP contribution >= 0.6 is 0 Å². The molecule has 0 saturated carbocycles. The van der Waals surface area contributed by atoms with Crippen molar-refractivity contribution in [3.63, 3.8) is 0 Å². The van der Waals surface area contributed by atoms with E-state index in [0.29, 0.717) is 0 Å². The minimum atomic E-state index is -0.509. The second-order valence-corrected chi connectivity index (χ2v) is 17.9. The van der Waals surface area contributed by atoms with E-state index in [1.165, 1.54) is 44.5 Å². The van der Waals surface area contributed by atoms with Gasteiger partial charge in [-0.25, -0.2) is 0 Å². The van der Waals surface area contributed by atoms with Crippen LogP contribution in [0.25, 0.3) is 77.6 Å². The van der Waals surface area contributed by atoms with Gasteiger partial charge in [0.1, 0.15) is 11.2 Å². The topological polar surface area (TPSA) is 16.4 Å². The zero-order valence-corrected chi connectivity index (χ0v) is 37.8. The molecule has 2 nitrogen and oxygen atoms in total. The van der Waals surface area contributed by atoms with E-state index in [0.717, 1.165) is 72.4 Å². The van der Waals surface area contributed by atoms with Crippen LogP contribution in [-0.4, -0.2) is 0 Å². The highest BCUT2D eigenvalue weighted by atomic mass is 16.3. The third kappa shape index (κ3) is 6.56. The van der Waals surface area contributed by atoms with Crippen LogP contribution in [0.2, 0.25) is 0 Å². The zero-order chi connectivity index (χ0) is 45.7. The maximum Gasteiger partial charge on any atom is 0.136 e. The van der Waals surface area contributed by atoms with Crippen LogP contribution in [-0.2, 0) is 5.41 Å². The highest BCUT2D eigenvalue weighted by Crippen LogP contribution is 2.58. The third-order valence-corrected chi connectivity index (χ3v) is 14.2. The minimum Gasteiger partial charge on any atom is -0.456 e. The fourth-order valence-corrected chi connectivity index (χ4v) is 11.2. The van der Waals surface area contributed by atoms with Crippen LogP contribution in [0.3, 0.4) is 0 Å². The number of hydrogen-bond acceptors (Lipinski definition) is 2. The molecule has 0 unspecified atom stereocenters. The molecule has 12 aromatic rings. The molecule has 1 aliphatic rings. The van der Waals surface area contributed by atoms with Gasteiger partial charge in [0.25, 0.3) is 0 Å². The molecule has 1 heterocycles. The molecule has 1 aliphatic carbocycles. The van der Waals surface area contributed by atoms with Crippen LogP contribution in [0.5, 0.6) is 0 Å². The van der Waals surface area contributed by atoms with Gasteiger partial charge in [0.2, 0.25) is 0 Å². The smallest absolute Gasteiger partial charge is 0.136 e. The molecular formula is C67H45NO. The van der Waals surface area contributed by atoms with Crippen LogP contribution in [0.4, 0.5) is 17.1 Å². The predicted molar refractivity (Wildman–Crippen MR) is 287 cm³/mol. The Kier molecular flexibility index (Phi) is 9.77. The van der Waals surface area contributed by atoms with Crippen molar-refractivity contribution in [3.8, 4) is 55.6 Å². The lowest BCUT2D eigenvalue weighted by molar-refractivity contribution is 0.669. The maximum absolute atomic E-state index is 6.36. The van der Waals surface area contributed by atoms with E-state index in [-0.39, 0.29) is 0 Å². The van der Waals surface area contributed by atoms with Gasteiger partial charge in [-0.05, 0) is 115 Å². The van der Waals surface area contributed by atoms with E-state index in [1.807, 2.05) is 6.07 Å². The summed E-state index contributed by atoms with van der Waals surface area (Å²) in [6, 6.07) is 99.4. The lowest BCUT2D eigenvalue weighted by Gasteiger charge is -2.34. The molecule has 13 rings (SSSR count). The van der Waals surface area contributed by atoms with E-state index in [9.17, 15) is 0 Å². The predicted octanol–water partition coefficient (Wildman–Crippen LogP) is 18.1. The first-order valence-electron chi connectivity index (χ1n) is 23.8. The maximum atomic E-state index is 6.36. The Labute approximate surface area is 402 Å². The van der Waals surface area contributed by atoms with Crippen molar-refractivity contribution in [1.82, 2.24) is 0 Å². The SMILES string of the molecule is c1ccc(-c2ccccc2-c2c(-c3ccccc3)cccc2N(c2ccc(-c3cccc4oc5ccccc5c34)cc2)c2ccc3c(c2)-c2ccccc2C3(c2ccccc2)c2ccccc2)cc1. The first-order chi connectivity index (χ1) is 34.3. The third-order valence-electron chi connectivity index (χ3n) is 14.2. The van der Waals surface area contributed by atoms with Gasteiger partial charge in [-0.3, -0.25) is 0 Å². The average molecular weight is 880 g/mol. The Morgan fingerprint density at radius 1 is 0.304 bits per heavy atom. The number of hydrogen-bond donors (Lipinski definition) is 0. The standard InChI is InChI=1S/C67H45NO/c1-5-21-46(22-6-1)53-29-13-14-31-57(53)65-54(47-23-7-2-8-24-47)33-19-36-62(65)68(51-41-39-48(40-42-51)55-34-20-38-64-66(55)58-32-16-18-37-63(58)69-64)52-43-44-61-59(45-52)56-30-15-17-35-60(56)67(61,49-25-9-3-10-26-49)50-27-11-4-12-28-50/h1-45H. The summed E-state index contributed by atoms with van der Waals surface area (Å²) >= 11 is 0. The van der Waals surface area contributed by atoms with Gasteiger partial charge >= 0.3 is 0 Å². The van der Waals surface area contributed by atoms with Crippen molar-refractivity contribution in [2.45, 2.75) is 5.41 Å². The molecule has 0 N–H and O–H groups in total. The number of nitrogens with zero attached hydrogens (tertiary/aromatic N) is 1. The van der Waals surface area contributed by atoms with Crippen molar-refractivity contribution >= 4 is 39.0 Å². The fraction of sp³-hybridized carbons (Fsp3) is 0.0149. The Balaban J connectivity index is 1.08. The summed E-state index contributed by atoms with van der Waals surface area (Å²) in [4.78, 5) is 2.48. The van der Waals surface area contributed by atoms with Crippen molar-refractivity contribution < 1.29 is 4.42 Å². The number of furan rings is 1. The number of benzene rings is 11. The first-order valence-corrected chi connectivity index (χ1v) is 23.8. The zero-order valence-electron chi connectivity index (χ0n) is 37.8. The molecule has 69 heavy (non-hydrogen) atoms. The molecule has 0 saturated heterocycles.